The zero-order chi connectivity index (χ0) is 13.7. The fourth-order valence-corrected chi connectivity index (χ4v) is 2.36. The summed E-state index contributed by atoms with van der Waals surface area (Å²) < 4.78 is 5.56. The molecular formula is C15H22N2O2. The van der Waals surface area contributed by atoms with E-state index in [2.05, 4.69) is 6.92 Å². The lowest BCUT2D eigenvalue weighted by molar-refractivity contribution is -0.119. The lowest BCUT2D eigenvalue weighted by Crippen LogP contribution is -2.37. The van der Waals surface area contributed by atoms with Crippen LogP contribution in [0.3, 0.4) is 0 Å². The number of nitrogens with zero attached hydrogens (tertiary/aromatic N) is 1. The van der Waals surface area contributed by atoms with Crippen LogP contribution in [0.25, 0.3) is 0 Å². The molecule has 2 rings (SSSR count). The van der Waals surface area contributed by atoms with Crippen LogP contribution in [0, 0.1) is 5.92 Å². The van der Waals surface area contributed by atoms with Crippen molar-refractivity contribution in [2.24, 2.45) is 11.7 Å². The highest BCUT2D eigenvalue weighted by molar-refractivity contribution is 5.95. The smallest absolute Gasteiger partial charge is 0.227 e. The van der Waals surface area contributed by atoms with Crippen molar-refractivity contribution in [3.05, 3.63) is 24.3 Å². The monoisotopic (exact) mass is 262 g/mol. The molecule has 0 radical (unpaired) electrons. The molecule has 2 N–H and O–H groups in total. The average Bonchev–Trinajstić information content (AvgIpc) is 2.44. The Morgan fingerprint density at radius 3 is 3.00 bits per heavy atom. The van der Waals surface area contributed by atoms with Crippen molar-refractivity contribution in [2.45, 2.75) is 26.2 Å². The van der Waals surface area contributed by atoms with E-state index in [1.807, 2.05) is 29.2 Å². The quantitative estimate of drug-likeness (QED) is 0.885. The average molecular weight is 262 g/mol. The summed E-state index contributed by atoms with van der Waals surface area (Å²) in [5.41, 5.74) is 6.42. The number of carbonyl (C=O) groups excluding carboxylic acids is 1. The minimum Gasteiger partial charge on any atom is -0.490 e. The highest BCUT2D eigenvalue weighted by atomic mass is 16.5. The van der Waals surface area contributed by atoms with Crippen LogP contribution in [0.2, 0.25) is 0 Å². The molecule has 0 fully saturated rings. The zero-order valence-corrected chi connectivity index (χ0v) is 11.5. The van der Waals surface area contributed by atoms with E-state index >= 15 is 0 Å². The van der Waals surface area contributed by atoms with E-state index in [0.717, 1.165) is 24.3 Å². The number of para-hydroxylation sites is 2. The molecule has 0 aromatic heterocycles. The zero-order valence-electron chi connectivity index (χ0n) is 11.5. The van der Waals surface area contributed by atoms with Gasteiger partial charge in [-0.25, -0.2) is 0 Å². The fraction of sp³-hybridized carbons (Fsp3) is 0.533. The van der Waals surface area contributed by atoms with Gasteiger partial charge >= 0.3 is 0 Å². The maximum absolute atomic E-state index is 12.3. The first-order valence-corrected chi connectivity index (χ1v) is 6.94. The summed E-state index contributed by atoms with van der Waals surface area (Å²) in [6, 6.07) is 7.71. The highest BCUT2D eigenvalue weighted by Crippen LogP contribution is 2.31. The molecule has 0 spiro atoms. The predicted molar refractivity (Wildman–Crippen MR) is 76.4 cm³/mol. The van der Waals surface area contributed by atoms with Gasteiger partial charge in [0.15, 0.2) is 0 Å². The first-order chi connectivity index (χ1) is 9.22. The summed E-state index contributed by atoms with van der Waals surface area (Å²) in [5.74, 6) is 1.49. The molecule has 1 heterocycles. The molecule has 4 nitrogen and oxygen atoms in total. The van der Waals surface area contributed by atoms with E-state index in [0.29, 0.717) is 32.0 Å². The summed E-state index contributed by atoms with van der Waals surface area (Å²) in [7, 11) is 0. The number of carbonyl (C=O) groups is 1. The third-order valence-corrected chi connectivity index (χ3v) is 3.54. The highest BCUT2D eigenvalue weighted by Gasteiger charge is 2.23. The van der Waals surface area contributed by atoms with Gasteiger partial charge in [0.1, 0.15) is 12.4 Å². The SMILES string of the molecule is CC(CCN)CCC(=O)N1CCOc2ccccc21. The first kappa shape index (κ1) is 13.9. The van der Waals surface area contributed by atoms with Crippen LogP contribution in [0.4, 0.5) is 5.69 Å². The van der Waals surface area contributed by atoms with Crippen molar-refractivity contribution in [1.29, 1.82) is 0 Å². The molecule has 0 aliphatic carbocycles. The standard InChI is InChI=1S/C15H22N2O2/c1-12(8-9-16)6-7-15(18)17-10-11-19-14-5-3-2-4-13(14)17/h2-5,12H,6-11,16H2,1H3. The Bertz CT molecular complexity index is 434. The minimum absolute atomic E-state index is 0.180. The lowest BCUT2D eigenvalue weighted by Gasteiger charge is -2.29. The Balaban J connectivity index is 1.97. The second-order valence-electron chi connectivity index (χ2n) is 5.08. The molecule has 104 valence electrons. The second-order valence-corrected chi connectivity index (χ2v) is 5.08. The topological polar surface area (TPSA) is 55.6 Å². The molecule has 1 aromatic rings. The molecular weight excluding hydrogens is 240 g/mol. The third kappa shape index (κ3) is 3.47. The molecule has 0 saturated carbocycles. The van der Waals surface area contributed by atoms with E-state index in [4.69, 9.17) is 10.5 Å². The van der Waals surface area contributed by atoms with E-state index in [1.54, 1.807) is 0 Å². The van der Waals surface area contributed by atoms with Gasteiger partial charge in [-0.3, -0.25) is 4.79 Å². The number of fused-ring (bicyclic) bond motifs is 1. The number of benzene rings is 1. The third-order valence-electron chi connectivity index (χ3n) is 3.54. The molecule has 1 unspecified atom stereocenters. The second kappa shape index (κ2) is 6.57. The van der Waals surface area contributed by atoms with Gasteiger partial charge in [0.25, 0.3) is 0 Å². The number of nitrogens with two attached hydrogens (primary N) is 1. The molecule has 1 amide bonds. The maximum atomic E-state index is 12.3. The van der Waals surface area contributed by atoms with E-state index in [1.165, 1.54) is 0 Å². The Morgan fingerprint density at radius 1 is 1.42 bits per heavy atom. The number of anilines is 1. The van der Waals surface area contributed by atoms with Crippen LogP contribution in [-0.4, -0.2) is 25.6 Å². The Morgan fingerprint density at radius 2 is 2.21 bits per heavy atom. The van der Waals surface area contributed by atoms with Gasteiger partial charge in [-0.15, -0.1) is 0 Å². The fourth-order valence-electron chi connectivity index (χ4n) is 2.36. The largest absolute Gasteiger partial charge is 0.490 e. The van der Waals surface area contributed by atoms with Gasteiger partial charge in [-0.05, 0) is 37.4 Å². The van der Waals surface area contributed by atoms with Crippen molar-refractivity contribution in [2.75, 3.05) is 24.6 Å². The van der Waals surface area contributed by atoms with Crippen molar-refractivity contribution in [3.63, 3.8) is 0 Å². The van der Waals surface area contributed by atoms with E-state index in [-0.39, 0.29) is 5.91 Å². The number of hydrogen-bond donors (Lipinski definition) is 1. The van der Waals surface area contributed by atoms with E-state index < -0.39 is 0 Å². The van der Waals surface area contributed by atoms with E-state index in [9.17, 15) is 4.79 Å². The van der Waals surface area contributed by atoms with Crippen LogP contribution < -0.4 is 15.4 Å². The van der Waals surface area contributed by atoms with Crippen molar-refractivity contribution < 1.29 is 9.53 Å². The summed E-state index contributed by atoms with van der Waals surface area (Å²) in [4.78, 5) is 14.1. The Kier molecular flexibility index (Phi) is 4.80. The molecule has 0 saturated heterocycles. The Hall–Kier alpha value is -1.55. The van der Waals surface area contributed by atoms with Crippen LogP contribution in [0.15, 0.2) is 24.3 Å². The molecule has 1 aliphatic heterocycles. The maximum Gasteiger partial charge on any atom is 0.227 e. The number of hydrogen-bond acceptors (Lipinski definition) is 3. The number of rotatable bonds is 5. The van der Waals surface area contributed by atoms with Crippen molar-refractivity contribution in [3.8, 4) is 5.75 Å². The lowest BCUT2D eigenvalue weighted by atomic mass is 10.0. The van der Waals surface area contributed by atoms with Crippen LogP contribution in [-0.2, 0) is 4.79 Å². The van der Waals surface area contributed by atoms with Crippen LogP contribution in [0.1, 0.15) is 26.2 Å². The molecule has 0 bridgehead atoms. The van der Waals surface area contributed by atoms with Gasteiger partial charge in [-0.1, -0.05) is 19.1 Å². The molecule has 1 aromatic carbocycles. The van der Waals surface area contributed by atoms with Gasteiger partial charge in [0.05, 0.1) is 12.2 Å². The van der Waals surface area contributed by atoms with Gasteiger partial charge in [0, 0.05) is 6.42 Å². The van der Waals surface area contributed by atoms with Gasteiger partial charge < -0.3 is 15.4 Å². The normalized spacial score (nSPS) is 15.6. The molecule has 1 aliphatic rings. The summed E-state index contributed by atoms with van der Waals surface area (Å²) in [6.45, 7) is 4.05. The van der Waals surface area contributed by atoms with Crippen LogP contribution in [0.5, 0.6) is 5.75 Å². The summed E-state index contributed by atoms with van der Waals surface area (Å²) >= 11 is 0. The van der Waals surface area contributed by atoms with Gasteiger partial charge in [-0.2, -0.15) is 0 Å². The van der Waals surface area contributed by atoms with Crippen molar-refractivity contribution in [1.82, 2.24) is 0 Å². The minimum atomic E-state index is 0.180. The number of amides is 1. The predicted octanol–water partition coefficient (Wildman–Crippen LogP) is 2.18. The van der Waals surface area contributed by atoms with Crippen molar-refractivity contribution >= 4 is 11.6 Å². The first-order valence-electron chi connectivity index (χ1n) is 6.94. The summed E-state index contributed by atoms with van der Waals surface area (Å²) in [6.07, 6.45) is 2.46. The molecule has 1 atom stereocenters. The Labute approximate surface area is 114 Å². The van der Waals surface area contributed by atoms with Gasteiger partial charge in [0.2, 0.25) is 5.91 Å². The summed E-state index contributed by atoms with van der Waals surface area (Å²) in [5, 5.41) is 0. The molecule has 4 heteroatoms. The number of ether oxygens (including phenoxy) is 1. The molecule has 19 heavy (non-hydrogen) atoms. The van der Waals surface area contributed by atoms with Crippen LogP contribution >= 0.6 is 0 Å².